The summed E-state index contributed by atoms with van der Waals surface area (Å²) in [5, 5.41) is 7.49. The minimum Gasteiger partial charge on any atom is -0.497 e. The van der Waals surface area contributed by atoms with E-state index in [2.05, 4.69) is 10.6 Å². The Labute approximate surface area is 136 Å². The lowest BCUT2D eigenvalue weighted by Gasteiger charge is -2.13. The third-order valence-corrected chi connectivity index (χ3v) is 3.67. The average Bonchev–Trinajstić information content (AvgIpc) is 2.56. The monoisotopic (exact) mass is 320 g/mol. The van der Waals surface area contributed by atoms with Crippen molar-refractivity contribution in [3.8, 4) is 11.5 Å². The molecule has 2 aromatic carbocycles. The molecule has 2 rings (SSSR count). The average molecular weight is 321 g/mol. The molecule has 0 aliphatic heterocycles. The van der Waals surface area contributed by atoms with E-state index in [1.807, 2.05) is 42.5 Å². The number of ether oxygens (including phenoxy) is 2. The van der Waals surface area contributed by atoms with Gasteiger partial charge < -0.3 is 20.1 Å². The van der Waals surface area contributed by atoms with Crippen molar-refractivity contribution in [1.82, 2.24) is 5.32 Å². The van der Waals surface area contributed by atoms with Crippen molar-refractivity contribution in [2.24, 2.45) is 0 Å². The highest BCUT2D eigenvalue weighted by Crippen LogP contribution is 2.28. The number of halogens is 1. The molecule has 0 saturated carbocycles. The summed E-state index contributed by atoms with van der Waals surface area (Å²) in [5.74, 6) is 1.60. The molecule has 2 N–H and O–H groups in total. The summed E-state index contributed by atoms with van der Waals surface area (Å²) in [6.45, 7) is 2.33. The van der Waals surface area contributed by atoms with Gasteiger partial charge >= 0.3 is 0 Å². The predicted octanol–water partition coefficient (Wildman–Crippen LogP) is 3.56. The molecule has 118 valence electrons. The van der Waals surface area contributed by atoms with E-state index in [1.54, 1.807) is 14.2 Å². The quantitative estimate of drug-likeness (QED) is 0.730. The molecule has 0 aromatic heterocycles. The first-order chi connectivity index (χ1) is 10.7. The zero-order chi connectivity index (χ0) is 15.8. The van der Waals surface area contributed by atoms with Gasteiger partial charge in [0, 0.05) is 30.7 Å². The van der Waals surface area contributed by atoms with Gasteiger partial charge in [-0.1, -0.05) is 29.8 Å². The van der Waals surface area contributed by atoms with Gasteiger partial charge in [-0.3, -0.25) is 0 Å². The Bertz CT molecular complexity index is 605. The molecule has 0 aliphatic rings. The van der Waals surface area contributed by atoms with E-state index in [4.69, 9.17) is 21.1 Å². The minimum atomic E-state index is 0.747. The molecule has 2 aromatic rings. The summed E-state index contributed by atoms with van der Waals surface area (Å²) >= 11 is 6.12. The van der Waals surface area contributed by atoms with Gasteiger partial charge in [0.25, 0.3) is 0 Å². The second-order valence-corrected chi connectivity index (χ2v) is 5.17. The molecule has 5 heteroatoms. The van der Waals surface area contributed by atoms with Crippen LogP contribution in [0.3, 0.4) is 0 Å². The molecule has 0 saturated heterocycles. The van der Waals surface area contributed by atoms with Gasteiger partial charge in [0.05, 0.1) is 19.9 Å². The standard InChI is InChI=1S/C17H21ClN2O2/c1-21-14-7-8-17(22-2)16(11-14)20-10-9-19-12-13-5-3-4-6-15(13)18/h3-8,11,19-20H,9-10,12H2,1-2H3. The smallest absolute Gasteiger partial charge is 0.142 e. The van der Waals surface area contributed by atoms with Crippen LogP contribution >= 0.6 is 11.6 Å². The molecular formula is C17H21ClN2O2. The van der Waals surface area contributed by atoms with Crippen LogP contribution < -0.4 is 20.1 Å². The fourth-order valence-electron chi connectivity index (χ4n) is 2.10. The van der Waals surface area contributed by atoms with Crippen LogP contribution in [0, 0.1) is 0 Å². The molecule has 0 aliphatic carbocycles. The van der Waals surface area contributed by atoms with Crippen molar-refractivity contribution in [3.05, 3.63) is 53.1 Å². The van der Waals surface area contributed by atoms with E-state index < -0.39 is 0 Å². The molecule has 22 heavy (non-hydrogen) atoms. The lowest BCUT2D eigenvalue weighted by Crippen LogP contribution is -2.22. The SMILES string of the molecule is COc1ccc(OC)c(NCCNCc2ccccc2Cl)c1. The zero-order valence-corrected chi connectivity index (χ0v) is 13.6. The van der Waals surface area contributed by atoms with E-state index in [1.165, 1.54) is 0 Å². The molecule has 0 amide bonds. The second-order valence-electron chi connectivity index (χ2n) is 4.76. The van der Waals surface area contributed by atoms with Gasteiger partial charge in [-0.25, -0.2) is 0 Å². The van der Waals surface area contributed by atoms with Gasteiger partial charge in [0.1, 0.15) is 11.5 Å². The summed E-state index contributed by atoms with van der Waals surface area (Å²) in [6, 6.07) is 13.5. The van der Waals surface area contributed by atoms with Crippen LogP contribution in [0.5, 0.6) is 11.5 Å². The van der Waals surface area contributed by atoms with E-state index in [0.717, 1.165) is 47.4 Å². The number of methoxy groups -OCH3 is 2. The topological polar surface area (TPSA) is 42.5 Å². The van der Waals surface area contributed by atoms with E-state index in [9.17, 15) is 0 Å². The summed E-state index contributed by atoms with van der Waals surface area (Å²) < 4.78 is 10.6. The van der Waals surface area contributed by atoms with Gasteiger partial charge in [-0.2, -0.15) is 0 Å². The Kier molecular flexibility index (Phi) is 6.37. The maximum atomic E-state index is 6.12. The largest absolute Gasteiger partial charge is 0.497 e. The summed E-state index contributed by atoms with van der Waals surface area (Å²) in [4.78, 5) is 0. The van der Waals surface area contributed by atoms with Gasteiger partial charge in [0.15, 0.2) is 0 Å². The fraction of sp³-hybridized carbons (Fsp3) is 0.294. The molecule has 0 radical (unpaired) electrons. The highest BCUT2D eigenvalue weighted by molar-refractivity contribution is 6.31. The maximum absolute atomic E-state index is 6.12. The predicted molar refractivity (Wildman–Crippen MR) is 91.2 cm³/mol. The highest BCUT2D eigenvalue weighted by Gasteiger charge is 2.04. The second kappa shape index (κ2) is 8.51. The molecule has 4 nitrogen and oxygen atoms in total. The summed E-state index contributed by atoms with van der Waals surface area (Å²) in [6.07, 6.45) is 0. The highest BCUT2D eigenvalue weighted by atomic mass is 35.5. The molecule has 0 fully saturated rings. The lowest BCUT2D eigenvalue weighted by molar-refractivity contribution is 0.404. The number of nitrogens with one attached hydrogen (secondary N) is 2. The van der Waals surface area contributed by atoms with Crippen LogP contribution in [0.1, 0.15) is 5.56 Å². The van der Waals surface area contributed by atoms with Crippen molar-refractivity contribution in [3.63, 3.8) is 0 Å². The van der Waals surface area contributed by atoms with Crippen molar-refractivity contribution in [2.75, 3.05) is 32.6 Å². The summed E-state index contributed by atoms with van der Waals surface area (Å²) in [7, 11) is 3.30. The number of rotatable bonds is 8. The number of hydrogen-bond donors (Lipinski definition) is 2. The van der Waals surface area contributed by atoms with E-state index in [0.29, 0.717) is 0 Å². The Morgan fingerprint density at radius 3 is 2.55 bits per heavy atom. The molecule has 0 bridgehead atoms. The summed E-state index contributed by atoms with van der Waals surface area (Å²) in [5.41, 5.74) is 2.02. The van der Waals surface area contributed by atoms with Crippen molar-refractivity contribution >= 4 is 17.3 Å². The third-order valence-electron chi connectivity index (χ3n) is 3.30. The Morgan fingerprint density at radius 1 is 1.00 bits per heavy atom. The van der Waals surface area contributed by atoms with Crippen molar-refractivity contribution < 1.29 is 9.47 Å². The first kappa shape index (κ1) is 16.5. The fourth-order valence-corrected chi connectivity index (χ4v) is 2.31. The minimum absolute atomic E-state index is 0.747. The van der Waals surface area contributed by atoms with E-state index in [-0.39, 0.29) is 0 Å². The Hall–Kier alpha value is -1.91. The molecule has 0 atom stereocenters. The zero-order valence-electron chi connectivity index (χ0n) is 12.9. The Balaban J connectivity index is 1.80. The van der Waals surface area contributed by atoms with Crippen LogP contribution in [-0.4, -0.2) is 27.3 Å². The normalized spacial score (nSPS) is 10.3. The number of anilines is 1. The maximum Gasteiger partial charge on any atom is 0.142 e. The Morgan fingerprint density at radius 2 is 1.82 bits per heavy atom. The van der Waals surface area contributed by atoms with Crippen molar-refractivity contribution in [1.29, 1.82) is 0 Å². The first-order valence-electron chi connectivity index (χ1n) is 7.14. The third kappa shape index (κ3) is 4.55. The van der Waals surface area contributed by atoms with Crippen LogP contribution in [-0.2, 0) is 6.54 Å². The van der Waals surface area contributed by atoms with Crippen LogP contribution in [0.15, 0.2) is 42.5 Å². The number of benzene rings is 2. The molecule has 0 heterocycles. The van der Waals surface area contributed by atoms with Crippen LogP contribution in [0.25, 0.3) is 0 Å². The van der Waals surface area contributed by atoms with Gasteiger partial charge in [-0.05, 0) is 23.8 Å². The molecular weight excluding hydrogens is 300 g/mol. The van der Waals surface area contributed by atoms with Crippen molar-refractivity contribution in [2.45, 2.75) is 6.54 Å². The van der Waals surface area contributed by atoms with Crippen LogP contribution in [0.2, 0.25) is 5.02 Å². The molecule has 0 unspecified atom stereocenters. The first-order valence-corrected chi connectivity index (χ1v) is 7.52. The van der Waals surface area contributed by atoms with Gasteiger partial charge in [0.2, 0.25) is 0 Å². The van der Waals surface area contributed by atoms with Gasteiger partial charge in [-0.15, -0.1) is 0 Å². The van der Waals surface area contributed by atoms with E-state index >= 15 is 0 Å². The number of hydrogen-bond acceptors (Lipinski definition) is 4. The van der Waals surface area contributed by atoms with Crippen LogP contribution in [0.4, 0.5) is 5.69 Å². The lowest BCUT2D eigenvalue weighted by atomic mass is 10.2. The molecule has 0 spiro atoms.